The summed E-state index contributed by atoms with van der Waals surface area (Å²) in [6, 6.07) is 11.9. The number of fused-ring (bicyclic) bond motifs is 1. The van der Waals surface area contributed by atoms with Crippen molar-refractivity contribution in [1.82, 2.24) is 14.2 Å². The lowest BCUT2D eigenvalue weighted by molar-refractivity contribution is 0.0985. The number of sulfonamides is 1. The highest BCUT2D eigenvalue weighted by atomic mass is 35.5. The predicted molar refractivity (Wildman–Crippen MR) is 147 cm³/mol. The Kier molecular flexibility index (Phi) is 9.34. The van der Waals surface area contributed by atoms with Crippen LogP contribution in [0.15, 0.2) is 47.4 Å². The van der Waals surface area contributed by atoms with E-state index in [9.17, 15) is 13.2 Å². The van der Waals surface area contributed by atoms with Gasteiger partial charge in [0.1, 0.15) is 5.75 Å². The van der Waals surface area contributed by atoms with Crippen LogP contribution in [0.3, 0.4) is 0 Å². The summed E-state index contributed by atoms with van der Waals surface area (Å²) < 4.78 is 34.2. The molecule has 0 spiro atoms. The molecule has 36 heavy (non-hydrogen) atoms. The van der Waals surface area contributed by atoms with Crippen molar-refractivity contribution >= 4 is 55.0 Å². The molecule has 1 aliphatic heterocycles. The van der Waals surface area contributed by atoms with Crippen molar-refractivity contribution in [1.29, 1.82) is 0 Å². The van der Waals surface area contributed by atoms with E-state index in [1.165, 1.54) is 23.5 Å². The van der Waals surface area contributed by atoms with Crippen LogP contribution in [-0.4, -0.2) is 75.4 Å². The van der Waals surface area contributed by atoms with Gasteiger partial charge in [-0.2, -0.15) is 4.31 Å². The Hall–Kier alpha value is -2.24. The summed E-state index contributed by atoms with van der Waals surface area (Å²) in [6.45, 7) is 3.59. The molecule has 8 nitrogen and oxygen atoms in total. The number of carbonyl (C=O) groups excluding carboxylic acids is 1. The first kappa shape index (κ1) is 28.3. The zero-order chi connectivity index (χ0) is 25.2. The molecule has 11 heteroatoms. The Labute approximate surface area is 223 Å². The van der Waals surface area contributed by atoms with Gasteiger partial charge in [0.25, 0.3) is 5.91 Å². The summed E-state index contributed by atoms with van der Waals surface area (Å²) in [6.07, 6.45) is 2.78. The highest BCUT2D eigenvalue weighted by Crippen LogP contribution is 2.32. The average Bonchev–Trinajstić information content (AvgIpc) is 3.27. The number of ether oxygens (including phenoxy) is 1. The number of nitrogens with zero attached hydrogens (tertiary/aromatic N) is 4. The number of methoxy groups -OCH3 is 1. The highest BCUT2D eigenvalue weighted by Gasteiger charge is 2.31. The largest absolute Gasteiger partial charge is 0.497 e. The molecule has 1 fully saturated rings. The summed E-state index contributed by atoms with van der Waals surface area (Å²) in [4.78, 5) is 22.1. The Morgan fingerprint density at radius 1 is 1.14 bits per heavy atom. The number of benzene rings is 2. The van der Waals surface area contributed by atoms with E-state index in [2.05, 4.69) is 0 Å². The van der Waals surface area contributed by atoms with E-state index in [1.54, 1.807) is 28.4 Å². The highest BCUT2D eigenvalue weighted by molar-refractivity contribution is 7.89. The van der Waals surface area contributed by atoms with Gasteiger partial charge in [0.05, 0.1) is 22.2 Å². The van der Waals surface area contributed by atoms with Crippen molar-refractivity contribution in [2.45, 2.75) is 37.1 Å². The molecule has 0 saturated carbocycles. The Bertz CT molecular complexity index is 1300. The van der Waals surface area contributed by atoms with Gasteiger partial charge in [-0.25, -0.2) is 13.4 Å². The molecule has 196 valence electrons. The summed E-state index contributed by atoms with van der Waals surface area (Å²) in [7, 11) is 1.92. The number of likely N-dealkylation sites (N-methyl/N-ethyl adjacent to an activating group) is 1. The molecule has 1 aliphatic rings. The average molecular weight is 553 g/mol. The maximum Gasteiger partial charge on any atom is 0.260 e. The Balaban J connectivity index is 0.00000361. The van der Waals surface area contributed by atoms with Crippen LogP contribution in [0.2, 0.25) is 0 Å². The van der Waals surface area contributed by atoms with Gasteiger partial charge in [0.15, 0.2) is 5.13 Å². The maximum absolute atomic E-state index is 13.6. The first-order valence-electron chi connectivity index (χ1n) is 11.7. The topological polar surface area (TPSA) is 83.0 Å². The van der Waals surface area contributed by atoms with Crippen LogP contribution in [0.5, 0.6) is 5.75 Å². The van der Waals surface area contributed by atoms with Gasteiger partial charge in [-0.15, -0.1) is 12.4 Å². The number of hydrogen-bond donors (Lipinski definition) is 0. The fraction of sp³-hybridized carbons (Fsp3) is 0.440. The molecule has 2 heterocycles. The van der Waals surface area contributed by atoms with Gasteiger partial charge >= 0.3 is 0 Å². The normalized spacial score (nSPS) is 16.6. The molecule has 3 aromatic rings. The zero-order valence-electron chi connectivity index (χ0n) is 21.0. The maximum atomic E-state index is 13.6. The minimum atomic E-state index is -3.59. The van der Waals surface area contributed by atoms with Crippen molar-refractivity contribution in [3.8, 4) is 5.75 Å². The first-order valence-corrected chi connectivity index (χ1v) is 14.0. The van der Waals surface area contributed by atoms with E-state index in [1.807, 2.05) is 44.1 Å². The van der Waals surface area contributed by atoms with Crippen molar-refractivity contribution in [3.63, 3.8) is 0 Å². The van der Waals surface area contributed by atoms with Gasteiger partial charge in [-0.1, -0.05) is 17.8 Å². The first-order chi connectivity index (χ1) is 16.7. The van der Waals surface area contributed by atoms with Crippen molar-refractivity contribution in [2.75, 3.05) is 45.7 Å². The van der Waals surface area contributed by atoms with Crippen LogP contribution in [0.4, 0.5) is 5.13 Å². The number of aromatic nitrogens is 1. The second kappa shape index (κ2) is 11.9. The van der Waals surface area contributed by atoms with Gasteiger partial charge in [0.2, 0.25) is 10.0 Å². The molecule has 0 aliphatic carbocycles. The Morgan fingerprint density at radius 3 is 2.50 bits per heavy atom. The van der Waals surface area contributed by atoms with E-state index in [0.717, 1.165) is 29.5 Å². The summed E-state index contributed by atoms with van der Waals surface area (Å²) >= 11 is 1.44. The third kappa shape index (κ3) is 6.00. The number of anilines is 1. The summed E-state index contributed by atoms with van der Waals surface area (Å²) in [5.41, 5.74) is 1.19. The fourth-order valence-corrected chi connectivity index (χ4v) is 6.88. The smallest absolute Gasteiger partial charge is 0.260 e. The van der Waals surface area contributed by atoms with Crippen LogP contribution in [0.25, 0.3) is 10.2 Å². The van der Waals surface area contributed by atoms with Crippen LogP contribution in [0, 0.1) is 0 Å². The lowest BCUT2D eigenvalue weighted by atomic mass is 10.1. The van der Waals surface area contributed by atoms with E-state index < -0.39 is 10.0 Å². The lowest BCUT2D eigenvalue weighted by Gasteiger charge is -2.32. The van der Waals surface area contributed by atoms with E-state index >= 15 is 0 Å². The third-order valence-electron chi connectivity index (χ3n) is 6.28. The minimum absolute atomic E-state index is 0. The van der Waals surface area contributed by atoms with Crippen LogP contribution < -0.4 is 9.64 Å². The second-order valence-electron chi connectivity index (χ2n) is 9.08. The molecule has 1 saturated heterocycles. The molecule has 0 bridgehead atoms. The van der Waals surface area contributed by atoms with Gasteiger partial charge in [0, 0.05) is 37.3 Å². The summed E-state index contributed by atoms with van der Waals surface area (Å²) in [5.74, 6) is 0.494. The van der Waals surface area contributed by atoms with Gasteiger partial charge < -0.3 is 9.64 Å². The minimum Gasteiger partial charge on any atom is -0.497 e. The fourth-order valence-electron chi connectivity index (χ4n) is 4.21. The number of piperidine rings is 1. The molecular formula is C25H33ClN4O4S2. The standard InChI is InChI=1S/C25H32N4O4S2.ClH/c1-18-7-5-6-14-29(18)35(31,32)21-11-8-19(9-12-21)24(30)28(16-15-27(2)3)25-26-22-17-20(33-4)10-13-23(22)34-25;/h8-13,17-18H,5-7,14-16H2,1-4H3;1H. The van der Waals surface area contributed by atoms with E-state index in [-0.39, 0.29) is 29.3 Å². The van der Waals surface area contributed by atoms with Gasteiger partial charge in [-0.05, 0) is 70.3 Å². The van der Waals surface area contributed by atoms with Crippen molar-refractivity contribution in [3.05, 3.63) is 48.0 Å². The van der Waals surface area contributed by atoms with Crippen molar-refractivity contribution < 1.29 is 17.9 Å². The summed E-state index contributed by atoms with van der Waals surface area (Å²) in [5, 5.41) is 0.596. The number of carbonyl (C=O) groups is 1. The number of amides is 1. The molecule has 1 unspecified atom stereocenters. The molecule has 1 aromatic heterocycles. The zero-order valence-corrected chi connectivity index (χ0v) is 23.5. The van der Waals surface area contributed by atoms with Crippen LogP contribution in [0.1, 0.15) is 36.5 Å². The molecule has 1 atom stereocenters. The number of rotatable bonds is 8. The van der Waals surface area contributed by atoms with Crippen molar-refractivity contribution in [2.24, 2.45) is 0 Å². The molecule has 0 radical (unpaired) electrons. The molecular weight excluding hydrogens is 520 g/mol. The van der Waals surface area contributed by atoms with Crippen LogP contribution in [-0.2, 0) is 10.0 Å². The lowest BCUT2D eigenvalue weighted by Crippen LogP contribution is -2.41. The molecule has 4 rings (SSSR count). The second-order valence-corrected chi connectivity index (χ2v) is 12.0. The molecule has 0 N–H and O–H groups in total. The van der Waals surface area contributed by atoms with E-state index in [4.69, 9.17) is 9.72 Å². The molecule has 1 amide bonds. The third-order valence-corrected chi connectivity index (χ3v) is 9.37. The number of halogens is 1. The van der Waals surface area contributed by atoms with E-state index in [0.29, 0.717) is 36.1 Å². The quantitative estimate of drug-likeness (QED) is 0.409. The molecule has 2 aromatic carbocycles. The Morgan fingerprint density at radius 2 is 1.86 bits per heavy atom. The number of hydrogen-bond acceptors (Lipinski definition) is 7. The predicted octanol–water partition coefficient (Wildman–Crippen LogP) is 4.50. The SMILES string of the molecule is COc1ccc2sc(N(CCN(C)C)C(=O)c3ccc(S(=O)(=O)N4CCCCC4C)cc3)nc2c1.Cl. The van der Waals surface area contributed by atoms with Crippen LogP contribution >= 0.6 is 23.7 Å². The van der Waals surface area contributed by atoms with Gasteiger partial charge in [-0.3, -0.25) is 9.69 Å². The monoisotopic (exact) mass is 552 g/mol. The number of thiazole rings is 1.